The molecule has 1 aromatic rings. The minimum atomic E-state index is -1.42. The number of aliphatic carboxylic acids is 1. The van der Waals surface area contributed by atoms with Gasteiger partial charge in [-0.2, -0.15) is 0 Å². The zero-order valence-corrected chi connectivity index (χ0v) is 18.0. The largest absolute Gasteiger partial charge is 0.490 e. The summed E-state index contributed by atoms with van der Waals surface area (Å²) < 4.78 is 5.51. The lowest BCUT2D eigenvalue weighted by atomic mass is 9.96. The van der Waals surface area contributed by atoms with Gasteiger partial charge in [-0.25, -0.2) is 0 Å². The third-order valence-corrected chi connectivity index (χ3v) is 5.69. The second-order valence-corrected chi connectivity index (χ2v) is 8.13. The van der Waals surface area contributed by atoms with Crippen LogP contribution in [0.4, 0.5) is 0 Å². The monoisotopic (exact) mass is 435 g/mol. The minimum absolute atomic E-state index is 0.0932. The van der Waals surface area contributed by atoms with Crippen LogP contribution in [0.3, 0.4) is 0 Å². The van der Waals surface area contributed by atoms with Gasteiger partial charge in [0.15, 0.2) is 6.10 Å². The first-order valence-electron chi connectivity index (χ1n) is 10.6. The van der Waals surface area contributed by atoms with Crippen LogP contribution in [0.25, 0.3) is 0 Å². The number of carbonyl (C=O) groups excluding carboxylic acids is 1. The number of carboxylic acid groups (broad SMARTS) is 1. The minimum Gasteiger partial charge on any atom is -0.490 e. The van der Waals surface area contributed by atoms with Crippen LogP contribution in [0.5, 0.6) is 5.75 Å². The molecule has 0 spiro atoms. The van der Waals surface area contributed by atoms with Crippen LogP contribution in [0.2, 0.25) is 0 Å². The van der Waals surface area contributed by atoms with E-state index in [-0.39, 0.29) is 19.4 Å². The van der Waals surface area contributed by atoms with Crippen LogP contribution in [0.15, 0.2) is 30.4 Å². The number of allylic oxidation sites excluding steroid dienone is 2. The first kappa shape index (κ1) is 24.8. The second kappa shape index (κ2) is 11.8. The van der Waals surface area contributed by atoms with Crippen molar-refractivity contribution in [3.8, 4) is 5.75 Å². The Balaban J connectivity index is 1.85. The summed E-state index contributed by atoms with van der Waals surface area (Å²) in [5.41, 5.74) is 2.15. The fourth-order valence-electron chi connectivity index (χ4n) is 3.66. The van der Waals surface area contributed by atoms with Crippen LogP contribution in [0, 0.1) is 19.8 Å². The van der Waals surface area contributed by atoms with Gasteiger partial charge in [0.1, 0.15) is 12.4 Å². The number of aryl methyl sites for hydroxylation is 2. The molecule has 0 aliphatic heterocycles. The van der Waals surface area contributed by atoms with Crippen LogP contribution < -0.4 is 10.1 Å². The summed E-state index contributed by atoms with van der Waals surface area (Å²) >= 11 is 0. The van der Waals surface area contributed by atoms with Gasteiger partial charge in [-0.3, -0.25) is 9.59 Å². The zero-order chi connectivity index (χ0) is 23.0. The topological polar surface area (TPSA) is 136 Å². The number of amides is 1. The van der Waals surface area contributed by atoms with Crippen LogP contribution in [-0.4, -0.2) is 63.3 Å². The molecule has 5 atom stereocenters. The molecule has 5 N–H and O–H groups in total. The molecule has 1 aliphatic rings. The fraction of sp³-hybridized carbons (Fsp3) is 0.565. The molecule has 2 rings (SSSR count). The highest BCUT2D eigenvalue weighted by atomic mass is 16.5. The van der Waals surface area contributed by atoms with Crippen molar-refractivity contribution >= 4 is 11.9 Å². The second-order valence-electron chi connectivity index (χ2n) is 8.13. The molecule has 1 fully saturated rings. The summed E-state index contributed by atoms with van der Waals surface area (Å²) in [4.78, 5) is 22.9. The van der Waals surface area contributed by atoms with Crippen molar-refractivity contribution in [3.63, 3.8) is 0 Å². The van der Waals surface area contributed by atoms with Gasteiger partial charge >= 0.3 is 5.97 Å². The number of nitrogens with one attached hydrogen (secondary N) is 1. The Morgan fingerprint density at radius 3 is 2.61 bits per heavy atom. The molecule has 31 heavy (non-hydrogen) atoms. The molecule has 1 saturated carbocycles. The number of rotatable bonds is 11. The van der Waals surface area contributed by atoms with Gasteiger partial charge in [-0.15, -0.1) is 0 Å². The van der Waals surface area contributed by atoms with E-state index in [4.69, 9.17) is 9.84 Å². The average Bonchev–Trinajstić information content (AvgIpc) is 2.97. The SMILES string of the molecule is Cc1ccc(OC[C@H](O)C(=O)N[C@@H]2[C@@H](C/C=C\CCCC(=O)O)[C@@H](O)C[C@H]2O)cc1C. The molecular weight excluding hydrogens is 402 g/mol. The molecule has 1 aromatic carbocycles. The lowest BCUT2D eigenvalue weighted by Crippen LogP contribution is -2.49. The Kier molecular flexibility index (Phi) is 9.48. The number of carbonyl (C=O) groups is 2. The molecule has 0 radical (unpaired) electrons. The Labute approximate surface area is 182 Å². The molecule has 8 nitrogen and oxygen atoms in total. The molecule has 1 aliphatic carbocycles. The van der Waals surface area contributed by atoms with Crippen molar-refractivity contribution in [2.24, 2.45) is 5.92 Å². The Hall–Kier alpha value is -2.42. The number of ether oxygens (including phenoxy) is 1. The highest BCUT2D eigenvalue weighted by Gasteiger charge is 2.42. The third-order valence-electron chi connectivity index (χ3n) is 5.69. The molecule has 0 saturated heterocycles. The van der Waals surface area contributed by atoms with Gasteiger partial charge in [-0.05, 0) is 56.4 Å². The van der Waals surface area contributed by atoms with Gasteiger partial charge in [0.2, 0.25) is 0 Å². The fourth-order valence-corrected chi connectivity index (χ4v) is 3.66. The van der Waals surface area contributed by atoms with Gasteiger partial charge in [0, 0.05) is 18.8 Å². The summed E-state index contributed by atoms with van der Waals surface area (Å²) in [6.45, 7) is 3.69. The van der Waals surface area contributed by atoms with Crippen molar-refractivity contribution < 1.29 is 34.8 Å². The smallest absolute Gasteiger partial charge is 0.303 e. The number of hydrogen-bond acceptors (Lipinski definition) is 6. The molecular formula is C23H33NO7. The van der Waals surface area contributed by atoms with E-state index in [1.807, 2.05) is 38.1 Å². The maximum absolute atomic E-state index is 12.4. The van der Waals surface area contributed by atoms with E-state index in [2.05, 4.69) is 5.32 Å². The van der Waals surface area contributed by atoms with Crippen molar-refractivity contribution in [3.05, 3.63) is 41.5 Å². The van der Waals surface area contributed by atoms with Crippen molar-refractivity contribution in [1.29, 1.82) is 0 Å². The number of benzene rings is 1. The average molecular weight is 436 g/mol. The lowest BCUT2D eigenvalue weighted by molar-refractivity contribution is -0.137. The maximum Gasteiger partial charge on any atom is 0.303 e. The highest BCUT2D eigenvalue weighted by Crippen LogP contribution is 2.30. The summed E-state index contributed by atoms with van der Waals surface area (Å²) in [5.74, 6) is -1.36. The van der Waals surface area contributed by atoms with Crippen LogP contribution >= 0.6 is 0 Å². The normalized spacial score (nSPS) is 24.3. The number of aliphatic hydroxyl groups excluding tert-OH is 3. The maximum atomic E-state index is 12.4. The first-order chi connectivity index (χ1) is 14.7. The number of carboxylic acids is 1. The van der Waals surface area contributed by atoms with E-state index < -0.39 is 42.1 Å². The van der Waals surface area contributed by atoms with Gasteiger partial charge in [0.25, 0.3) is 5.91 Å². The lowest BCUT2D eigenvalue weighted by Gasteiger charge is -2.25. The van der Waals surface area contributed by atoms with E-state index in [1.54, 1.807) is 6.07 Å². The summed E-state index contributed by atoms with van der Waals surface area (Å²) in [7, 11) is 0. The summed E-state index contributed by atoms with van der Waals surface area (Å²) in [5, 5.41) is 42.0. The van der Waals surface area contributed by atoms with Crippen molar-refractivity contribution in [1.82, 2.24) is 5.32 Å². The number of aliphatic hydroxyl groups is 3. The number of unbranched alkanes of at least 4 members (excludes halogenated alkanes) is 1. The molecule has 172 valence electrons. The quantitative estimate of drug-likeness (QED) is 0.262. The van der Waals surface area contributed by atoms with Crippen LogP contribution in [-0.2, 0) is 9.59 Å². The van der Waals surface area contributed by atoms with E-state index in [0.717, 1.165) is 11.1 Å². The summed E-state index contributed by atoms with van der Waals surface area (Å²) in [6.07, 6.45) is 2.32. The van der Waals surface area contributed by atoms with E-state index in [0.29, 0.717) is 25.0 Å². The number of hydrogen-bond donors (Lipinski definition) is 5. The van der Waals surface area contributed by atoms with E-state index in [1.165, 1.54) is 0 Å². The van der Waals surface area contributed by atoms with Gasteiger partial charge in [0.05, 0.1) is 18.2 Å². The van der Waals surface area contributed by atoms with Crippen molar-refractivity contribution in [2.45, 2.75) is 70.3 Å². The predicted molar refractivity (Wildman–Crippen MR) is 115 cm³/mol. The third kappa shape index (κ3) is 7.65. The predicted octanol–water partition coefficient (Wildman–Crippen LogP) is 1.47. The Bertz CT molecular complexity index is 779. The molecule has 8 heteroatoms. The Morgan fingerprint density at radius 1 is 1.19 bits per heavy atom. The van der Waals surface area contributed by atoms with Crippen LogP contribution in [0.1, 0.15) is 43.2 Å². The zero-order valence-electron chi connectivity index (χ0n) is 18.0. The summed E-state index contributed by atoms with van der Waals surface area (Å²) in [6, 6.07) is 4.80. The highest BCUT2D eigenvalue weighted by molar-refractivity contribution is 5.81. The standard InChI is InChI=1S/C23H33NO7/c1-14-9-10-16(11-15(14)2)31-13-20(27)23(30)24-22-17(18(25)12-19(22)26)7-5-3-4-6-8-21(28)29/h3,5,9-11,17-20,22,25-27H,4,6-8,12-13H2,1-2H3,(H,24,30)(H,28,29)/b5-3-/t17-,18-,19+,20-,22+/m0/s1. The molecule has 1 amide bonds. The first-order valence-corrected chi connectivity index (χ1v) is 10.6. The van der Waals surface area contributed by atoms with Gasteiger partial charge in [-0.1, -0.05) is 18.2 Å². The van der Waals surface area contributed by atoms with E-state index in [9.17, 15) is 24.9 Å². The molecule has 0 heterocycles. The molecule has 0 bridgehead atoms. The Morgan fingerprint density at radius 2 is 1.94 bits per heavy atom. The van der Waals surface area contributed by atoms with E-state index >= 15 is 0 Å². The van der Waals surface area contributed by atoms with Crippen molar-refractivity contribution in [2.75, 3.05) is 6.61 Å². The molecule has 0 unspecified atom stereocenters. The van der Waals surface area contributed by atoms with Gasteiger partial charge < -0.3 is 30.5 Å². The molecule has 0 aromatic heterocycles.